The van der Waals surface area contributed by atoms with Crippen molar-refractivity contribution < 1.29 is 9.53 Å². The zero-order valence-corrected chi connectivity index (χ0v) is 14.5. The molecular formula is C17H28N4O2. The number of hydrogen-bond acceptors (Lipinski definition) is 5. The molecule has 1 heterocycles. The van der Waals surface area contributed by atoms with E-state index in [2.05, 4.69) is 21.6 Å². The number of amides is 1. The van der Waals surface area contributed by atoms with E-state index in [0.29, 0.717) is 0 Å². The maximum Gasteiger partial charge on any atom is 0.407 e. The molecule has 6 heteroatoms. The lowest BCUT2D eigenvalue weighted by Gasteiger charge is -2.36. The lowest BCUT2D eigenvalue weighted by atomic mass is 10.0. The molecule has 0 bridgehead atoms. The van der Waals surface area contributed by atoms with E-state index in [4.69, 9.17) is 10.5 Å². The van der Waals surface area contributed by atoms with E-state index < -0.39 is 5.60 Å². The summed E-state index contributed by atoms with van der Waals surface area (Å²) in [4.78, 5) is 14.2. The largest absolute Gasteiger partial charge is 0.444 e. The van der Waals surface area contributed by atoms with Crippen molar-refractivity contribution in [1.82, 2.24) is 5.32 Å². The fourth-order valence-corrected chi connectivity index (χ4v) is 2.88. The molecule has 0 radical (unpaired) electrons. The third-order valence-electron chi connectivity index (χ3n) is 3.81. The fourth-order valence-electron chi connectivity index (χ4n) is 2.88. The minimum atomic E-state index is -0.481. The van der Waals surface area contributed by atoms with Crippen molar-refractivity contribution in [2.45, 2.75) is 45.3 Å². The average molecular weight is 320 g/mol. The number of carbonyl (C=O) groups excluding carboxylic acids is 1. The van der Waals surface area contributed by atoms with Gasteiger partial charge in [0.1, 0.15) is 5.60 Å². The average Bonchev–Trinajstić information content (AvgIpc) is 2.45. The SMILES string of the molecule is CNc1c(N)cccc1N1CCC[C@@H](NC(=O)OC(C)(C)C)C1. The number of piperidine rings is 1. The van der Waals surface area contributed by atoms with E-state index >= 15 is 0 Å². The first-order chi connectivity index (χ1) is 10.8. The number of nitrogens with two attached hydrogens (primary N) is 1. The molecule has 1 aliphatic heterocycles. The summed E-state index contributed by atoms with van der Waals surface area (Å²) in [6.45, 7) is 7.30. The Balaban J connectivity index is 2.04. The van der Waals surface area contributed by atoms with Gasteiger partial charge in [-0.25, -0.2) is 4.79 Å². The number of rotatable bonds is 3. The second kappa shape index (κ2) is 6.98. The molecule has 6 nitrogen and oxygen atoms in total. The topological polar surface area (TPSA) is 79.6 Å². The van der Waals surface area contributed by atoms with Crippen LogP contribution < -0.4 is 21.3 Å². The number of para-hydroxylation sites is 1. The number of ether oxygens (including phenoxy) is 1. The van der Waals surface area contributed by atoms with Crippen LogP contribution in [-0.2, 0) is 4.74 Å². The summed E-state index contributed by atoms with van der Waals surface area (Å²) in [6.07, 6.45) is 1.61. The van der Waals surface area contributed by atoms with E-state index in [1.165, 1.54) is 0 Å². The lowest BCUT2D eigenvalue weighted by molar-refractivity contribution is 0.0500. The van der Waals surface area contributed by atoms with Gasteiger partial charge >= 0.3 is 6.09 Å². The predicted octanol–water partition coefficient (Wildman–Crippen LogP) is 2.80. The van der Waals surface area contributed by atoms with Gasteiger partial charge in [-0.15, -0.1) is 0 Å². The van der Waals surface area contributed by atoms with E-state index in [0.717, 1.165) is 43.0 Å². The summed E-state index contributed by atoms with van der Waals surface area (Å²) in [6, 6.07) is 5.97. The number of anilines is 3. The first kappa shape index (κ1) is 17.2. The molecule has 1 fully saturated rings. The summed E-state index contributed by atoms with van der Waals surface area (Å²) in [5.41, 5.74) is 8.30. The third-order valence-corrected chi connectivity index (χ3v) is 3.81. The van der Waals surface area contributed by atoms with Gasteiger partial charge in [0, 0.05) is 26.2 Å². The number of nitrogen functional groups attached to an aromatic ring is 1. The van der Waals surface area contributed by atoms with Crippen molar-refractivity contribution in [3.05, 3.63) is 18.2 Å². The second-order valence-electron chi connectivity index (χ2n) is 6.92. The number of benzene rings is 1. The highest BCUT2D eigenvalue weighted by molar-refractivity contribution is 5.81. The molecule has 1 aromatic rings. The molecule has 1 atom stereocenters. The van der Waals surface area contributed by atoms with Crippen LogP contribution in [0.1, 0.15) is 33.6 Å². The van der Waals surface area contributed by atoms with Crippen molar-refractivity contribution in [3.63, 3.8) is 0 Å². The standard InChI is InChI=1S/C17H28N4O2/c1-17(2,3)23-16(22)20-12-7-6-10-21(11-12)14-9-5-8-13(18)15(14)19-4/h5,8-9,12,19H,6-7,10-11,18H2,1-4H3,(H,20,22)/t12-/m1/s1. The molecule has 0 aromatic heterocycles. The van der Waals surface area contributed by atoms with Gasteiger partial charge in [-0.05, 0) is 45.7 Å². The highest BCUT2D eigenvalue weighted by atomic mass is 16.6. The summed E-state index contributed by atoms with van der Waals surface area (Å²) in [7, 11) is 1.87. The van der Waals surface area contributed by atoms with Crippen LogP contribution in [-0.4, -0.2) is 37.9 Å². The van der Waals surface area contributed by atoms with Crippen LogP contribution in [0.15, 0.2) is 18.2 Å². The van der Waals surface area contributed by atoms with E-state index in [1.54, 1.807) is 0 Å². The molecular weight excluding hydrogens is 292 g/mol. The number of alkyl carbamates (subject to hydrolysis) is 1. The van der Waals surface area contributed by atoms with E-state index in [9.17, 15) is 4.79 Å². The molecule has 23 heavy (non-hydrogen) atoms. The monoisotopic (exact) mass is 320 g/mol. The molecule has 1 amide bonds. The van der Waals surface area contributed by atoms with Crippen LogP contribution in [0.25, 0.3) is 0 Å². The van der Waals surface area contributed by atoms with Gasteiger partial charge in [-0.3, -0.25) is 0 Å². The minimum absolute atomic E-state index is 0.0738. The summed E-state index contributed by atoms with van der Waals surface area (Å²) >= 11 is 0. The number of nitrogens with zero attached hydrogens (tertiary/aromatic N) is 1. The van der Waals surface area contributed by atoms with Crippen LogP contribution in [0.2, 0.25) is 0 Å². The van der Waals surface area contributed by atoms with Crippen molar-refractivity contribution >= 4 is 23.2 Å². The predicted molar refractivity (Wildman–Crippen MR) is 95.0 cm³/mol. The van der Waals surface area contributed by atoms with Crippen molar-refractivity contribution in [2.24, 2.45) is 0 Å². The Kier molecular flexibility index (Phi) is 5.23. The summed E-state index contributed by atoms with van der Waals surface area (Å²) < 4.78 is 5.34. The highest BCUT2D eigenvalue weighted by Gasteiger charge is 2.25. The fraction of sp³-hybridized carbons (Fsp3) is 0.588. The molecule has 4 N–H and O–H groups in total. The molecule has 0 spiro atoms. The van der Waals surface area contributed by atoms with Crippen LogP contribution in [0.5, 0.6) is 0 Å². The molecule has 1 saturated heterocycles. The van der Waals surface area contributed by atoms with Gasteiger partial charge in [0.25, 0.3) is 0 Å². The molecule has 128 valence electrons. The summed E-state index contributed by atoms with van der Waals surface area (Å²) in [5, 5.41) is 6.14. The maximum absolute atomic E-state index is 12.0. The Labute approximate surface area is 138 Å². The van der Waals surface area contributed by atoms with Crippen LogP contribution in [0, 0.1) is 0 Å². The van der Waals surface area contributed by atoms with E-state index in [1.807, 2.05) is 40.0 Å². The Hall–Kier alpha value is -2.11. The molecule has 1 aromatic carbocycles. The van der Waals surface area contributed by atoms with Crippen LogP contribution >= 0.6 is 0 Å². The third kappa shape index (κ3) is 4.68. The first-order valence-electron chi connectivity index (χ1n) is 8.11. The van der Waals surface area contributed by atoms with Crippen LogP contribution in [0.3, 0.4) is 0 Å². The van der Waals surface area contributed by atoms with Crippen molar-refractivity contribution in [3.8, 4) is 0 Å². The maximum atomic E-state index is 12.0. The normalized spacial score (nSPS) is 18.4. The quantitative estimate of drug-likeness (QED) is 0.746. The van der Waals surface area contributed by atoms with Crippen molar-refractivity contribution in [2.75, 3.05) is 36.1 Å². The first-order valence-corrected chi connectivity index (χ1v) is 8.11. The molecule has 0 unspecified atom stereocenters. The Morgan fingerprint density at radius 3 is 2.78 bits per heavy atom. The zero-order valence-electron chi connectivity index (χ0n) is 14.5. The lowest BCUT2D eigenvalue weighted by Crippen LogP contribution is -2.49. The Morgan fingerprint density at radius 1 is 1.39 bits per heavy atom. The molecule has 2 rings (SSSR count). The molecule has 0 aliphatic carbocycles. The second-order valence-corrected chi connectivity index (χ2v) is 6.92. The van der Waals surface area contributed by atoms with Gasteiger partial charge < -0.3 is 26.0 Å². The van der Waals surface area contributed by atoms with Gasteiger partial charge in [0.2, 0.25) is 0 Å². The Morgan fingerprint density at radius 2 is 2.13 bits per heavy atom. The van der Waals surface area contributed by atoms with Gasteiger partial charge in [0.05, 0.1) is 17.1 Å². The van der Waals surface area contributed by atoms with Gasteiger partial charge in [-0.2, -0.15) is 0 Å². The van der Waals surface area contributed by atoms with Crippen molar-refractivity contribution in [1.29, 1.82) is 0 Å². The highest BCUT2D eigenvalue weighted by Crippen LogP contribution is 2.32. The van der Waals surface area contributed by atoms with Gasteiger partial charge in [-0.1, -0.05) is 6.07 Å². The minimum Gasteiger partial charge on any atom is -0.444 e. The summed E-state index contributed by atoms with van der Waals surface area (Å²) in [5.74, 6) is 0. The number of hydrogen-bond donors (Lipinski definition) is 3. The Bertz CT molecular complexity index is 554. The van der Waals surface area contributed by atoms with E-state index in [-0.39, 0.29) is 12.1 Å². The number of carbonyl (C=O) groups is 1. The molecule has 1 aliphatic rings. The smallest absolute Gasteiger partial charge is 0.407 e. The van der Waals surface area contributed by atoms with Gasteiger partial charge in [0.15, 0.2) is 0 Å². The zero-order chi connectivity index (χ0) is 17.0. The number of nitrogens with one attached hydrogen (secondary N) is 2. The van der Waals surface area contributed by atoms with Crippen LogP contribution in [0.4, 0.5) is 21.9 Å². The molecule has 0 saturated carbocycles.